The van der Waals surface area contributed by atoms with Gasteiger partial charge in [0.15, 0.2) is 5.65 Å². The van der Waals surface area contributed by atoms with E-state index in [1.54, 1.807) is 17.7 Å². The second kappa shape index (κ2) is 4.28. The van der Waals surface area contributed by atoms with E-state index in [2.05, 4.69) is 9.97 Å². The van der Waals surface area contributed by atoms with E-state index in [-0.39, 0.29) is 0 Å². The highest BCUT2D eigenvalue weighted by molar-refractivity contribution is 5.76. The van der Waals surface area contributed by atoms with E-state index in [0.717, 1.165) is 17.0 Å². The number of anilines is 1. The van der Waals surface area contributed by atoms with Crippen LogP contribution >= 0.6 is 0 Å². The Morgan fingerprint density at radius 3 is 2.63 bits per heavy atom. The summed E-state index contributed by atoms with van der Waals surface area (Å²) in [5, 5.41) is 0. The van der Waals surface area contributed by atoms with Gasteiger partial charge in [0.05, 0.1) is 19.0 Å². The Kier molecular flexibility index (Phi) is 2.59. The van der Waals surface area contributed by atoms with Crippen LogP contribution in [0.4, 0.5) is 5.82 Å². The molecular weight excluding hydrogens is 240 g/mol. The molecule has 96 valence electrons. The Hall–Kier alpha value is -2.56. The molecule has 19 heavy (non-hydrogen) atoms. The molecule has 0 fully saturated rings. The van der Waals surface area contributed by atoms with Gasteiger partial charge in [0.25, 0.3) is 0 Å². The van der Waals surface area contributed by atoms with Crippen LogP contribution in [0, 0.1) is 6.92 Å². The van der Waals surface area contributed by atoms with Crippen LogP contribution in [0.15, 0.2) is 36.5 Å². The molecular formula is C14H14N4O. The van der Waals surface area contributed by atoms with Crippen molar-refractivity contribution in [1.82, 2.24) is 14.4 Å². The molecule has 0 aliphatic heterocycles. The van der Waals surface area contributed by atoms with E-state index >= 15 is 0 Å². The number of aryl methyl sites for hydroxylation is 1. The number of hydrogen-bond acceptors (Lipinski definition) is 4. The summed E-state index contributed by atoms with van der Waals surface area (Å²) in [5.41, 5.74) is 9.32. The molecule has 0 aliphatic carbocycles. The fourth-order valence-corrected chi connectivity index (χ4v) is 2.10. The molecule has 0 saturated heterocycles. The van der Waals surface area contributed by atoms with E-state index in [9.17, 15) is 0 Å². The van der Waals surface area contributed by atoms with E-state index in [1.165, 1.54) is 0 Å². The van der Waals surface area contributed by atoms with Crippen molar-refractivity contribution in [1.29, 1.82) is 0 Å². The van der Waals surface area contributed by atoms with Crippen molar-refractivity contribution in [3.05, 3.63) is 42.2 Å². The summed E-state index contributed by atoms with van der Waals surface area (Å²) < 4.78 is 7.08. The SMILES string of the molecule is COc1cnc(-c2ccccc2)c2nc(C)c(N)n12. The Morgan fingerprint density at radius 1 is 1.21 bits per heavy atom. The van der Waals surface area contributed by atoms with Gasteiger partial charge in [-0.2, -0.15) is 0 Å². The maximum atomic E-state index is 6.05. The van der Waals surface area contributed by atoms with Gasteiger partial charge in [-0.15, -0.1) is 0 Å². The van der Waals surface area contributed by atoms with Crippen LogP contribution in [-0.4, -0.2) is 21.5 Å². The maximum Gasteiger partial charge on any atom is 0.219 e. The van der Waals surface area contributed by atoms with Crippen molar-refractivity contribution in [2.45, 2.75) is 6.92 Å². The Labute approximate surface area is 110 Å². The summed E-state index contributed by atoms with van der Waals surface area (Å²) in [6.07, 6.45) is 1.66. The van der Waals surface area contributed by atoms with Gasteiger partial charge in [0.2, 0.25) is 5.88 Å². The lowest BCUT2D eigenvalue weighted by molar-refractivity contribution is 0.391. The van der Waals surface area contributed by atoms with E-state index < -0.39 is 0 Å². The molecule has 2 N–H and O–H groups in total. The summed E-state index contributed by atoms with van der Waals surface area (Å²) in [4.78, 5) is 8.93. The lowest BCUT2D eigenvalue weighted by Gasteiger charge is -2.08. The van der Waals surface area contributed by atoms with Crippen molar-refractivity contribution < 1.29 is 4.74 Å². The molecule has 0 atom stereocenters. The van der Waals surface area contributed by atoms with Gasteiger partial charge in [-0.05, 0) is 6.92 Å². The number of ether oxygens (including phenoxy) is 1. The minimum Gasteiger partial charge on any atom is -0.481 e. The molecule has 0 saturated carbocycles. The Bertz CT molecular complexity index is 734. The molecule has 0 bridgehead atoms. The maximum absolute atomic E-state index is 6.05. The monoisotopic (exact) mass is 254 g/mol. The van der Waals surface area contributed by atoms with Crippen LogP contribution in [-0.2, 0) is 0 Å². The molecule has 2 heterocycles. The fourth-order valence-electron chi connectivity index (χ4n) is 2.10. The van der Waals surface area contributed by atoms with Crippen LogP contribution in [0.1, 0.15) is 5.69 Å². The number of benzene rings is 1. The molecule has 0 spiro atoms. The number of imidazole rings is 1. The number of methoxy groups -OCH3 is 1. The number of nitrogens with two attached hydrogens (primary N) is 1. The average molecular weight is 254 g/mol. The van der Waals surface area contributed by atoms with Gasteiger partial charge in [0.1, 0.15) is 11.5 Å². The summed E-state index contributed by atoms with van der Waals surface area (Å²) in [5.74, 6) is 1.15. The summed E-state index contributed by atoms with van der Waals surface area (Å²) in [6, 6.07) is 9.90. The molecule has 0 amide bonds. The van der Waals surface area contributed by atoms with Crippen molar-refractivity contribution in [2.24, 2.45) is 0 Å². The predicted molar refractivity (Wildman–Crippen MR) is 74.1 cm³/mol. The quantitative estimate of drug-likeness (QED) is 0.762. The number of hydrogen-bond donors (Lipinski definition) is 1. The highest BCUT2D eigenvalue weighted by atomic mass is 16.5. The summed E-state index contributed by atoms with van der Waals surface area (Å²) >= 11 is 0. The third-order valence-corrected chi connectivity index (χ3v) is 3.09. The first-order valence-electron chi connectivity index (χ1n) is 5.95. The van der Waals surface area contributed by atoms with Gasteiger partial charge in [-0.25, -0.2) is 14.4 Å². The van der Waals surface area contributed by atoms with Crippen LogP contribution in [0.5, 0.6) is 5.88 Å². The normalized spacial score (nSPS) is 10.8. The lowest BCUT2D eigenvalue weighted by Crippen LogP contribution is -2.01. The molecule has 2 aromatic heterocycles. The first-order valence-corrected chi connectivity index (χ1v) is 5.95. The van der Waals surface area contributed by atoms with E-state index in [0.29, 0.717) is 17.3 Å². The first-order chi connectivity index (χ1) is 9.22. The van der Waals surface area contributed by atoms with Gasteiger partial charge < -0.3 is 10.5 Å². The number of fused-ring (bicyclic) bond motifs is 1. The Morgan fingerprint density at radius 2 is 1.95 bits per heavy atom. The van der Waals surface area contributed by atoms with Crippen molar-refractivity contribution >= 4 is 11.5 Å². The minimum atomic E-state index is 0.575. The molecule has 0 aliphatic rings. The van der Waals surface area contributed by atoms with Crippen LogP contribution in [0.25, 0.3) is 16.9 Å². The largest absolute Gasteiger partial charge is 0.481 e. The molecule has 3 rings (SSSR count). The lowest BCUT2D eigenvalue weighted by atomic mass is 10.1. The van der Waals surface area contributed by atoms with Crippen LogP contribution in [0.2, 0.25) is 0 Å². The first kappa shape index (κ1) is 11.5. The Balaban J connectivity index is 2.37. The van der Waals surface area contributed by atoms with Gasteiger partial charge in [0, 0.05) is 5.56 Å². The third-order valence-electron chi connectivity index (χ3n) is 3.09. The standard InChI is InChI=1S/C14H14N4O/c1-9-13(15)18-11(19-2)8-16-12(14(18)17-9)10-6-4-3-5-7-10/h3-8H,15H2,1-2H3. The number of nitrogen functional groups attached to an aromatic ring is 1. The summed E-state index contributed by atoms with van der Waals surface area (Å²) in [7, 11) is 1.59. The van der Waals surface area contributed by atoms with Gasteiger partial charge >= 0.3 is 0 Å². The average Bonchev–Trinajstić information content (AvgIpc) is 2.75. The molecule has 1 aromatic carbocycles. The van der Waals surface area contributed by atoms with Crippen LogP contribution < -0.4 is 10.5 Å². The third kappa shape index (κ3) is 1.71. The molecule has 0 radical (unpaired) electrons. The molecule has 3 aromatic rings. The molecule has 0 unspecified atom stereocenters. The topological polar surface area (TPSA) is 65.4 Å². The molecule has 5 nitrogen and oxygen atoms in total. The van der Waals surface area contributed by atoms with E-state index in [1.807, 2.05) is 37.3 Å². The number of aromatic nitrogens is 3. The van der Waals surface area contributed by atoms with Gasteiger partial charge in [-0.3, -0.25) is 0 Å². The van der Waals surface area contributed by atoms with Crippen molar-refractivity contribution in [2.75, 3.05) is 12.8 Å². The zero-order valence-electron chi connectivity index (χ0n) is 10.8. The zero-order chi connectivity index (χ0) is 13.4. The predicted octanol–water partition coefficient (Wildman–Crippen LogP) is 2.30. The highest BCUT2D eigenvalue weighted by Gasteiger charge is 2.15. The highest BCUT2D eigenvalue weighted by Crippen LogP contribution is 2.28. The van der Waals surface area contributed by atoms with Crippen LogP contribution in [0.3, 0.4) is 0 Å². The van der Waals surface area contributed by atoms with E-state index in [4.69, 9.17) is 10.5 Å². The summed E-state index contributed by atoms with van der Waals surface area (Å²) in [6.45, 7) is 1.87. The smallest absolute Gasteiger partial charge is 0.219 e. The number of nitrogens with zero attached hydrogens (tertiary/aromatic N) is 3. The van der Waals surface area contributed by atoms with Crippen molar-refractivity contribution in [3.8, 4) is 17.1 Å². The second-order valence-corrected chi connectivity index (χ2v) is 4.26. The molecule has 5 heteroatoms. The number of rotatable bonds is 2. The van der Waals surface area contributed by atoms with Gasteiger partial charge in [-0.1, -0.05) is 30.3 Å². The minimum absolute atomic E-state index is 0.575. The zero-order valence-corrected chi connectivity index (χ0v) is 10.8. The van der Waals surface area contributed by atoms with Crippen molar-refractivity contribution in [3.63, 3.8) is 0 Å². The second-order valence-electron chi connectivity index (χ2n) is 4.26. The fraction of sp³-hybridized carbons (Fsp3) is 0.143.